The molecule has 3 N–H and O–H groups in total. The summed E-state index contributed by atoms with van der Waals surface area (Å²) in [5.41, 5.74) is 1.39. The van der Waals surface area contributed by atoms with E-state index in [1.165, 1.54) is 4.68 Å². The van der Waals surface area contributed by atoms with E-state index in [2.05, 4.69) is 10.4 Å². The smallest absolute Gasteiger partial charge is 0.475 e. The molecule has 2 aliphatic heterocycles. The minimum atomic E-state index is -5.08. The molecule has 0 radical (unpaired) electrons. The van der Waals surface area contributed by atoms with Crippen LogP contribution in [0.3, 0.4) is 0 Å². The molecule has 2 atom stereocenters. The molecule has 0 unspecified atom stereocenters. The molecule has 0 fully saturated rings. The Labute approximate surface area is 139 Å². The van der Waals surface area contributed by atoms with Crippen molar-refractivity contribution in [3.8, 4) is 0 Å². The number of nitrogens with zero attached hydrogens (tertiary/aromatic N) is 2. The van der Waals surface area contributed by atoms with E-state index >= 15 is 0 Å². The van der Waals surface area contributed by atoms with Crippen molar-refractivity contribution in [1.29, 1.82) is 0 Å². The molecule has 3 heterocycles. The van der Waals surface area contributed by atoms with Gasteiger partial charge in [0.1, 0.15) is 5.69 Å². The van der Waals surface area contributed by atoms with Gasteiger partial charge in [-0.05, 0) is 13.3 Å². The topological polar surface area (TPSA) is 87.4 Å². The summed E-state index contributed by atoms with van der Waals surface area (Å²) >= 11 is 0. The van der Waals surface area contributed by atoms with Crippen molar-refractivity contribution in [2.75, 3.05) is 0 Å². The molecular weight excluding hydrogens is 353 g/mol. The quantitative estimate of drug-likeness (QED) is 0.606. The first-order chi connectivity index (χ1) is 11.4. The Kier molecular flexibility index (Phi) is 5.38. The van der Waals surface area contributed by atoms with Gasteiger partial charge in [0, 0.05) is 31.0 Å². The second-order valence-electron chi connectivity index (χ2n) is 6.14. The van der Waals surface area contributed by atoms with Crippen molar-refractivity contribution in [3.63, 3.8) is 0 Å². The van der Waals surface area contributed by atoms with Crippen LogP contribution in [0.15, 0.2) is 0 Å². The maximum atomic E-state index is 14.1. The Bertz CT molecular complexity index is 644. The van der Waals surface area contributed by atoms with E-state index in [1.807, 2.05) is 6.92 Å². The van der Waals surface area contributed by atoms with Crippen LogP contribution < -0.4 is 5.32 Å². The maximum absolute atomic E-state index is 14.1. The number of alkyl halides is 5. The highest BCUT2D eigenvalue weighted by Crippen LogP contribution is 2.40. The second-order valence-corrected chi connectivity index (χ2v) is 6.14. The lowest BCUT2D eigenvalue weighted by Crippen LogP contribution is -2.33. The van der Waals surface area contributed by atoms with Crippen molar-refractivity contribution >= 4 is 5.97 Å². The number of halogens is 5. The third-order valence-electron chi connectivity index (χ3n) is 4.02. The van der Waals surface area contributed by atoms with Crippen LogP contribution in [-0.4, -0.2) is 44.3 Å². The normalized spacial score (nSPS) is 25.1. The van der Waals surface area contributed by atoms with E-state index in [-0.39, 0.29) is 31.1 Å². The molecule has 0 bridgehead atoms. The van der Waals surface area contributed by atoms with Gasteiger partial charge in [0.05, 0.1) is 18.3 Å². The zero-order chi connectivity index (χ0) is 19.0. The molecule has 11 heteroatoms. The number of aliphatic hydroxyl groups excluding tert-OH is 1. The summed E-state index contributed by atoms with van der Waals surface area (Å²) in [6.07, 6.45) is -5.33. The third kappa shape index (κ3) is 4.46. The van der Waals surface area contributed by atoms with Gasteiger partial charge in [-0.1, -0.05) is 0 Å². The number of nitrogens with one attached hydrogen (secondary N) is 1. The van der Waals surface area contributed by atoms with Gasteiger partial charge < -0.3 is 15.5 Å². The number of rotatable bonds is 0. The first kappa shape index (κ1) is 19.6. The SMILES string of the molecule is C[C@@H]1Cc2nn3c(c2CN1)C(F)(F)CC[C@@H](O)C3.O=C(O)C(F)(F)F. The van der Waals surface area contributed by atoms with Crippen molar-refractivity contribution in [3.05, 3.63) is 17.0 Å². The average molecular weight is 371 g/mol. The first-order valence-electron chi connectivity index (χ1n) is 7.60. The highest BCUT2D eigenvalue weighted by molar-refractivity contribution is 5.73. The molecular formula is C14H18F5N3O3. The Morgan fingerprint density at radius 3 is 2.56 bits per heavy atom. The van der Waals surface area contributed by atoms with Gasteiger partial charge >= 0.3 is 12.1 Å². The Balaban J connectivity index is 0.000000277. The van der Waals surface area contributed by atoms with Crippen LogP contribution in [0.25, 0.3) is 0 Å². The molecule has 0 amide bonds. The average Bonchev–Trinajstić information content (AvgIpc) is 2.77. The van der Waals surface area contributed by atoms with Crippen LogP contribution in [0.5, 0.6) is 0 Å². The van der Waals surface area contributed by atoms with Crippen molar-refractivity contribution < 1.29 is 37.0 Å². The minimum Gasteiger partial charge on any atom is -0.475 e. The number of aliphatic hydroxyl groups is 1. The fraction of sp³-hybridized carbons (Fsp3) is 0.714. The van der Waals surface area contributed by atoms with E-state index < -0.39 is 24.2 Å². The van der Waals surface area contributed by atoms with E-state index in [0.717, 1.165) is 5.69 Å². The predicted molar refractivity (Wildman–Crippen MR) is 75.1 cm³/mol. The van der Waals surface area contributed by atoms with E-state index in [1.54, 1.807) is 0 Å². The molecule has 3 rings (SSSR count). The van der Waals surface area contributed by atoms with Crippen LogP contribution >= 0.6 is 0 Å². The summed E-state index contributed by atoms with van der Waals surface area (Å²) in [6.45, 7) is 2.63. The molecule has 0 aromatic carbocycles. The predicted octanol–water partition coefficient (Wildman–Crippen LogP) is 1.80. The van der Waals surface area contributed by atoms with Gasteiger partial charge in [-0.2, -0.15) is 27.1 Å². The lowest BCUT2D eigenvalue weighted by molar-refractivity contribution is -0.192. The van der Waals surface area contributed by atoms with Gasteiger partial charge in [-0.3, -0.25) is 4.68 Å². The van der Waals surface area contributed by atoms with Crippen LogP contribution in [0.4, 0.5) is 22.0 Å². The van der Waals surface area contributed by atoms with Gasteiger partial charge in [-0.25, -0.2) is 4.79 Å². The Hall–Kier alpha value is -1.75. The minimum absolute atomic E-state index is 0.00782. The number of carboxylic acids is 1. The largest absolute Gasteiger partial charge is 0.490 e. The van der Waals surface area contributed by atoms with E-state index in [9.17, 15) is 27.1 Å². The van der Waals surface area contributed by atoms with Crippen molar-refractivity contribution in [2.45, 2.75) is 63.5 Å². The lowest BCUT2D eigenvalue weighted by Gasteiger charge is -2.22. The van der Waals surface area contributed by atoms with Gasteiger partial charge in [-0.15, -0.1) is 0 Å². The fourth-order valence-corrected chi connectivity index (χ4v) is 2.84. The molecule has 1 aromatic heterocycles. The molecule has 142 valence electrons. The molecule has 0 saturated heterocycles. The summed E-state index contributed by atoms with van der Waals surface area (Å²) in [5, 5.41) is 24.3. The summed E-state index contributed by atoms with van der Waals surface area (Å²) in [7, 11) is 0. The van der Waals surface area contributed by atoms with E-state index in [4.69, 9.17) is 9.90 Å². The zero-order valence-corrected chi connectivity index (χ0v) is 13.3. The Morgan fingerprint density at radius 2 is 2.00 bits per heavy atom. The van der Waals surface area contributed by atoms with Crippen LogP contribution in [0, 0.1) is 0 Å². The van der Waals surface area contributed by atoms with E-state index in [0.29, 0.717) is 18.5 Å². The number of hydrogen-bond donors (Lipinski definition) is 3. The number of aromatic nitrogens is 2. The monoisotopic (exact) mass is 371 g/mol. The standard InChI is InChI=1S/C12H17F2N3O.C2HF3O2/c1-7-4-10-9(5-15-7)11-12(13,14)3-2-8(18)6-17(11)16-10;3-2(4,5)1(6)7/h7-8,15,18H,2-6H2,1H3;(H,6,7)/t7-,8-;/m1./s1. The van der Waals surface area contributed by atoms with Crippen LogP contribution in [0.2, 0.25) is 0 Å². The van der Waals surface area contributed by atoms with Crippen LogP contribution in [-0.2, 0) is 30.2 Å². The Morgan fingerprint density at radius 1 is 1.40 bits per heavy atom. The van der Waals surface area contributed by atoms with Crippen molar-refractivity contribution in [2.24, 2.45) is 0 Å². The number of aliphatic carboxylic acids is 1. The van der Waals surface area contributed by atoms with Gasteiger partial charge in [0.15, 0.2) is 0 Å². The van der Waals surface area contributed by atoms with Gasteiger partial charge in [0.25, 0.3) is 5.92 Å². The number of hydrogen-bond acceptors (Lipinski definition) is 4. The summed E-state index contributed by atoms with van der Waals surface area (Å²) in [5.74, 6) is -5.65. The van der Waals surface area contributed by atoms with Crippen LogP contribution in [0.1, 0.15) is 36.7 Å². The number of carboxylic acid groups (broad SMARTS) is 1. The molecule has 0 aliphatic carbocycles. The van der Waals surface area contributed by atoms with Crippen molar-refractivity contribution in [1.82, 2.24) is 15.1 Å². The number of carbonyl (C=O) groups is 1. The summed E-state index contributed by atoms with van der Waals surface area (Å²) in [6, 6.07) is 0.259. The lowest BCUT2D eigenvalue weighted by atomic mass is 9.98. The molecule has 2 aliphatic rings. The van der Waals surface area contributed by atoms with Gasteiger partial charge in [0.2, 0.25) is 0 Å². The molecule has 6 nitrogen and oxygen atoms in total. The number of fused-ring (bicyclic) bond motifs is 3. The fourth-order valence-electron chi connectivity index (χ4n) is 2.84. The summed E-state index contributed by atoms with van der Waals surface area (Å²) in [4.78, 5) is 8.90. The highest BCUT2D eigenvalue weighted by Gasteiger charge is 2.43. The molecule has 0 spiro atoms. The first-order valence-corrected chi connectivity index (χ1v) is 7.60. The summed E-state index contributed by atoms with van der Waals surface area (Å²) < 4.78 is 61.4. The molecule has 0 saturated carbocycles. The zero-order valence-electron chi connectivity index (χ0n) is 13.3. The highest BCUT2D eigenvalue weighted by atomic mass is 19.4. The molecule has 1 aromatic rings. The second kappa shape index (κ2) is 6.87. The third-order valence-corrected chi connectivity index (χ3v) is 4.02. The molecule has 25 heavy (non-hydrogen) atoms. The maximum Gasteiger partial charge on any atom is 0.490 e.